The SMILES string of the molecule is CCCCCCCCNCCNCCNCCNCCNCCNCCNCCN. The molecule has 30 heavy (non-hydrogen) atoms. The summed E-state index contributed by atoms with van der Waals surface area (Å²) in [6.07, 6.45) is 8.23. The lowest BCUT2D eigenvalue weighted by molar-refractivity contribution is 0.540. The Hall–Kier alpha value is -0.320. The molecule has 0 amide bonds. The second kappa shape index (κ2) is 28.7. The van der Waals surface area contributed by atoms with E-state index in [-0.39, 0.29) is 0 Å². The zero-order chi connectivity index (χ0) is 21.8. The summed E-state index contributed by atoms with van der Waals surface area (Å²) in [6, 6.07) is 0. The van der Waals surface area contributed by atoms with Gasteiger partial charge in [0.25, 0.3) is 0 Å². The molecule has 0 aliphatic rings. The Morgan fingerprint density at radius 3 is 1.03 bits per heavy atom. The molecule has 0 aromatic heterocycles. The topological polar surface area (TPSA) is 110 Å². The third-order valence-corrected chi connectivity index (χ3v) is 4.90. The van der Waals surface area contributed by atoms with Crippen LogP contribution in [0.1, 0.15) is 45.4 Å². The predicted molar refractivity (Wildman–Crippen MR) is 133 cm³/mol. The molecule has 0 aromatic carbocycles. The van der Waals surface area contributed by atoms with Crippen LogP contribution in [0.2, 0.25) is 0 Å². The highest BCUT2D eigenvalue weighted by atomic mass is 15.0. The molecule has 0 aliphatic heterocycles. The predicted octanol–water partition coefficient (Wildman–Crippen LogP) is -0.567. The maximum atomic E-state index is 5.42. The first-order valence-corrected chi connectivity index (χ1v) is 12.6. The fourth-order valence-electron chi connectivity index (χ4n) is 3.07. The van der Waals surface area contributed by atoms with Crippen LogP contribution in [-0.4, -0.2) is 98.2 Å². The van der Waals surface area contributed by atoms with Crippen LogP contribution in [-0.2, 0) is 0 Å². The summed E-state index contributed by atoms with van der Waals surface area (Å²) < 4.78 is 0. The largest absolute Gasteiger partial charge is 0.329 e. The van der Waals surface area contributed by atoms with Crippen molar-refractivity contribution >= 4 is 0 Å². The van der Waals surface area contributed by atoms with Gasteiger partial charge < -0.3 is 43.0 Å². The molecular formula is C22H54N8. The highest BCUT2D eigenvalue weighted by Crippen LogP contribution is 2.03. The van der Waals surface area contributed by atoms with Crippen molar-refractivity contribution in [3.63, 3.8) is 0 Å². The Bertz CT molecular complexity index is 266. The van der Waals surface area contributed by atoms with Crippen molar-refractivity contribution in [2.24, 2.45) is 5.73 Å². The monoisotopic (exact) mass is 430 g/mol. The lowest BCUT2D eigenvalue weighted by Gasteiger charge is -2.09. The Labute approximate surface area is 187 Å². The number of nitrogens with two attached hydrogens (primary N) is 1. The summed E-state index contributed by atoms with van der Waals surface area (Å²) in [5.41, 5.74) is 5.42. The van der Waals surface area contributed by atoms with Crippen molar-refractivity contribution in [1.29, 1.82) is 0 Å². The van der Waals surface area contributed by atoms with Crippen molar-refractivity contribution in [3.8, 4) is 0 Å². The third-order valence-electron chi connectivity index (χ3n) is 4.90. The normalized spacial score (nSPS) is 11.4. The summed E-state index contributed by atoms with van der Waals surface area (Å²) in [4.78, 5) is 0. The third kappa shape index (κ3) is 27.7. The number of hydrogen-bond acceptors (Lipinski definition) is 8. The van der Waals surface area contributed by atoms with Gasteiger partial charge in [-0.3, -0.25) is 0 Å². The molecular weight excluding hydrogens is 376 g/mol. The minimum Gasteiger partial charge on any atom is -0.329 e. The van der Waals surface area contributed by atoms with Gasteiger partial charge in [0, 0.05) is 91.6 Å². The highest BCUT2D eigenvalue weighted by molar-refractivity contribution is 4.59. The summed E-state index contributed by atoms with van der Waals surface area (Å²) in [6.45, 7) is 17.3. The number of hydrogen-bond donors (Lipinski definition) is 8. The van der Waals surface area contributed by atoms with Crippen LogP contribution in [0, 0.1) is 0 Å². The van der Waals surface area contributed by atoms with Crippen LogP contribution in [0.25, 0.3) is 0 Å². The van der Waals surface area contributed by atoms with Gasteiger partial charge in [-0.1, -0.05) is 39.0 Å². The maximum absolute atomic E-state index is 5.42. The van der Waals surface area contributed by atoms with E-state index >= 15 is 0 Å². The number of unbranched alkanes of at least 4 members (excludes halogenated alkanes) is 5. The molecule has 0 aromatic rings. The summed E-state index contributed by atoms with van der Waals surface area (Å²) >= 11 is 0. The van der Waals surface area contributed by atoms with E-state index in [1.165, 1.54) is 38.5 Å². The highest BCUT2D eigenvalue weighted by Gasteiger charge is 1.93. The van der Waals surface area contributed by atoms with Crippen LogP contribution in [0.5, 0.6) is 0 Å². The maximum Gasteiger partial charge on any atom is 0.00772 e. The molecule has 0 radical (unpaired) electrons. The summed E-state index contributed by atoms with van der Waals surface area (Å²) in [5, 5.41) is 24.0. The molecule has 8 nitrogen and oxygen atoms in total. The average Bonchev–Trinajstić information content (AvgIpc) is 2.76. The molecule has 0 heterocycles. The van der Waals surface area contributed by atoms with Crippen LogP contribution in [0.4, 0.5) is 0 Å². The van der Waals surface area contributed by atoms with Gasteiger partial charge in [0.1, 0.15) is 0 Å². The van der Waals surface area contributed by atoms with E-state index in [2.05, 4.69) is 44.1 Å². The van der Waals surface area contributed by atoms with E-state index in [0.717, 1.165) is 91.6 Å². The van der Waals surface area contributed by atoms with Crippen molar-refractivity contribution < 1.29 is 0 Å². The average molecular weight is 431 g/mol. The second-order valence-corrected chi connectivity index (χ2v) is 7.81. The van der Waals surface area contributed by atoms with Gasteiger partial charge in [0.05, 0.1) is 0 Å². The molecule has 182 valence electrons. The Morgan fingerprint density at radius 2 is 0.667 bits per heavy atom. The van der Waals surface area contributed by atoms with Crippen molar-refractivity contribution in [1.82, 2.24) is 37.2 Å². The molecule has 0 saturated heterocycles. The lowest BCUT2D eigenvalue weighted by Crippen LogP contribution is -2.38. The minimum absolute atomic E-state index is 0.706. The lowest BCUT2D eigenvalue weighted by atomic mass is 10.1. The van der Waals surface area contributed by atoms with Gasteiger partial charge in [-0.2, -0.15) is 0 Å². The van der Waals surface area contributed by atoms with Crippen LogP contribution >= 0.6 is 0 Å². The molecule has 9 N–H and O–H groups in total. The van der Waals surface area contributed by atoms with Crippen molar-refractivity contribution in [2.45, 2.75) is 45.4 Å². The van der Waals surface area contributed by atoms with Crippen molar-refractivity contribution in [3.05, 3.63) is 0 Å². The zero-order valence-electron chi connectivity index (χ0n) is 19.9. The standard InChI is InChI=1S/C22H54N8/c1-2-3-4-5-6-7-9-24-11-13-26-15-17-28-19-21-30-22-20-29-18-16-27-14-12-25-10-8-23/h24-30H,2-23H2,1H3. The van der Waals surface area contributed by atoms with E-state index in [0.29, 0.717) is 6.54 Å². The minimum atomic E-state index is 0.706. The van der Waals surface area contributed by atoms with Gasteiger partial charge in [-0.15, -0.1) is 0 Å². The van der Waals surface area contributed by atoms with Gasteiger partial charge in [0.15, 0.2) is 0 Å². The first-order valence-electron chi connectivity index (χ1n) is 12.6. The summed E-state index contributed by atoms with van der Waals surface area (Å²) in [7, 11) is 0. The molecule has 0 spiro atoms. The van der Waals surface area contributed by atoms with Gasteiger partial charge in [-0.25, -0.2) is 0 Å². The molecule has 0 fully saturated rings. The fourth-order valence-corrected chi connectivity index (χ4v) is 3.07. The fraction of sp³-hybridized carbons (Fsp3) is 1.00. The first kappa shape index (κ1) is 29.7. The smallest absolute Gasteiger partial charge is 0.00772 e. The molecule has 0 atom stereocenters. The van der Waals surface area contributed by atoms with Gasteiger partial charge >= 0.3 is 0 Å². The Morgan fingerprint density at radius 1 is 0.367 bits per heavy atom. The molecule has 0 aliphatic carbocycles. The van der Waals surface area contributed by atoms with E-state index < -0.39 is 0 Å². The quantitative estimate of drug-likeness (QED) is 0.0819. The van der Waals surface area contributed by atoms with E-state index in [1.807, 2.05) is 0 Å². The van der Waals surface area contributed by atoms with Gasteiger partial charge in [0.2, 0.25) is 0 Å². The van der Waals surface area contributed by atoms with Gasteiger partial charge in [-0.05, 0) is 13.0 Å². The first-order chi connectivity index (χ1) is 14.9. The van der Waals surface area contributed by atoms with Crippen LogP contribution in [0.3, 0.4) is 0 Å². The number of nitrogens with one attached hydrogen (secondary N) is 7. The van der Waals surface area contributed by atoms with Crippen molar-refractivity contribution in [2.75, 3.05) is 98.2 Å². The second-order valence-electron chi connectivity index (χ2n) is 7.81. The van der Waals surface area contributed by atoms with E-state index in [4.69, 9.17) is 5.73 Å². The molecule has 0 unspecified atom stereocenters. The number of rotatable bonds is 27. The van der Waals surface area contributed by atoms with E-state index in [1.54, 1.807) is 0 Å². The zero-order valence-corrected chi connectivity index (χ0v) is 19.9. The molecule has 0 bridgehead atoms. The molecule has 0 saturated carbocycles. The van der Waals surface area contributed by atoms with E-state index in [9.17, 15) is 0 Å². The van der Waals surface area contributed by atoms with Crippen LogP contribution < -0.4 is 43.0 Å². The van der Waals surface area contributed by atoms with Crippen LogP contribution in [0.15, 0.2) is 0 Å². The molecule has 8 heteroatoms. The Balaban J connectivity index is 2.97. The molecule has 0 rings (SSSR count). The Kier molecular flexibility index (Phi) is 28.4. The summed E-state index contributed by atoms with van der Waals surface area (Å²) in [5.74, 6) is 0.